The lowest BCUT2D eigenvalue weighted by Crippen LogP contribution is -2.54. The molecule has 0 saturated carbocycles. The van der Waals surface area contributed by atoms with Crippen LogP contribution in [0.1, 0.15) is 12.8 Å². The number of nitrogens with zero attached hydrogens (tertiary/aromatic N) is 3. The molecular formula is C11H13N3O4. The monoisotopic (exact) mass is 251 g/mol. The summed E-state index contributed by atoms with van der Waals surface area (Å²) in [5.41, 5.74) is -1.07. The predicted octanol–water partition coefficient (Wildman–Crippen LogP) is 1.54. The van der Waals surface area contributed by atoms with Crippen LogP contribution in [0.3, 0.4) is 0 Å². The molecule has 0 atom stereocenters. The largest absolute Gasteiger partial charge is 0.461 e. The molecule has 1 aliphatic heterocycles. The van der Waals surface area contributed by atoms with E-state index in [2.05, 4.69) is 0 Å². The van der Waals surface area contributed by atoms with E-state index in [1.165, 1.54) is 0 Å². The highest BCUT2D eigenvalue weighted by atomic mass is 16.7. The standard InChI is InChI=1S/C11H13N3O4/c15-13(16)11(14(17)18)6-8-12(9-7-11)10-4-2-1-3-5-10/h1-5H,6-9H2. The van der Waals surface area contributed by atoms with Gasteiger partial charge in [-0.2, -0.15) is 0 Å². The first kappa shape index (κ1) is 12.3. The van der Waals surface area contributed by atoms with Crippen molar-refractivity contribution in [3.8, 4) is 0 Å². The summed E-state index contributed by atoms with van der Waals surface area (Å²) in [7, 11) is 0. The Kier molecular flexibility index (Phi) is 3.14. The van der Waals surface area contributed by atoms with Gasteiger partial charge in [0.1, 0.15) is 12.8 Å². The Bertz CT molecular complexity index is 439. The van der Waals surface area contributed by atoms with Gasteiger partial charge in [0, 0.05) is 18.8 Å². The molecule has 0 aromatic heterocycles. The van der Waals surface area contributed by atoms with Crippen molar-refractivity contribution >= 4 is 5.69 Å². The number of rotatable bonds is 3. The fourth-order valence-corrected chi connectivity index (χ4v) is 2.19. The Morgan fingerprint density at radius 3 is 1.94 bits per heavy atom. The first-order valence-electron chi connectivity index (χ1n) is 5.65. The summed E-state index contributed by atoms with van der Waals surface area (Å²) in [6.07, 6.45) is -0.135. The van der Waals surface area contributed by atoms with Crippen molar-refractivity contribution < 1.29 is 9.85 Å². The fourth-order valence-electron chi connectivity index (χ4n) is 2.19. The second-order valence-electron chi connectivity index (χ2n) is 4.32. The van der Waals surface area contributed by atoms with Crippen LogP contribution in [-0.4, -0.2) is 28.6 Å². The highest BCUT2D eigenvalue weighted by molar-refractivity contribution is 5.46. The summed E-state index contributed by atoms with van der Waals surface area (Å²) < 4.78 is 0. The van der Waals surface area contributed by atoms with Crippen LogP contribution in [0.15, 0.2) is 30.3 Å². The minimum atomic E-state index is -2.01. The Morgan fingerprint density at radius 2 is 1.50 bits per heavy atom. The van der Waals surface area contributed by atoms with Gasteiger partial charge in [-0.25, -0.2) is 0 Å². The SMILES string of the molecule is O=[N+]([O-])C1([N+](=O)[O-])CCN(c2ccccc2)CC1. The maximum absolute atomic E-state index is 10.9. The Morgan fingerprint density at radius 1 is 1.00 bits per heavy atom. The first-order chi connectivity index (χ1) is 8.56. The predicted molar refractivity (Wildman–Crippen MR) is 64.6 cm³/mol. The maximum Gasteiger partial charge on any atom is 0.461 e. The minimum absolute atomic E-state index is 0.0676. The third kappa shape index (κ3) is 1.99. The molecule has 7 heteroatoms. The maximum atomic E-state index is 10.9. The quantitative estimate of drug-likeness (QED) is 0.461. The third-order valence-corrected chi connectivity index (χ3v) is 3.37. The molecule has 2 rings (SSSR count). The highest BCUT2D eigenvalue weighted by Crippen LogP contribution is 2.29. The molecule has 1 heterocycles. The lowest BCUT2D eigenvalue weighted by Gasteiger charge is -2.32. The lowest BCUT2D eigenvalue weighted by molar-refractivity contribution is -0.799. The van der Waals surface area contributed by atoms with Crippen LogP contribution in [0.4, 0.5) is 5.69 Å². The van der Waals surface area contributed by atoms with Crippen LogP contribution in [0, 0.1) is 20.2 Å². The van der Waals surface area contributed by atoms with E-state index in [-0.39, 0.29) is 12.8 Å². The van der Waals surface area contributed by atoms with Crippen LogP contribution in [-0.2, 0) is 0 Å². The van der Waals surface area contributed by atoms with E-state index in [0.29, 0.717) is 13.1 Å². The smallest absolute Gasteiger partial charge is 0.370 e. The summed E-state index contributed by atoms with van der Waals surface area (Å²) in [5.74, 6) is 0. The van der Waals surface area contributed by atoms with E-state index in [1.807, 2.05) is 35.2 Å². The molecule has 0 radical (unpaired) electrons. The molecule has 0 spiro atoms. The van der Waals surface area contributed by atoms with Gasteiger partial charge in [-0.1, -0.05) is 18.2 Å². The lowest BCUT2D eigenvalue weighted by atomic mass is 9.98. The molecule has 96 valence electrons. The number of hydrogen-bond acceptors (Lipinski definition) is 5. The van der Waals surface area contributed by atoms with Crippen LogP contribution >= 0.6 is 0 Å². The molecule has 0 amide bonds. The molecule has 1 aromatic rings. The molecule has 1 fully saturated rings. The highest BCUT2D eigenvalue weighted by Gasteiger charge is 2.57. The van der Waals surface area contributed by atoms with Crippen molar-refractivity contribution in [2.45, 2.75) is 18.5 Å². The number of nitro groups is 2. The van der Waals surface area contributed by atoms with E-state index < -0.39 is 15.5 Å². The van der Waals surface area contributed by atoms with Gasteiger partial charge in [0.25, 0.3) is 0 Å². The normalized spacial score (nSPS) is 18.3. The molecule has 1 saturated heterocycles. The van der Waals surface area contributed by atoms with E-state index in [0.717, 1.165) is 5.69 Å². The van der Waals surface area contributed by atoms with Crippen molar-refractivity contribution in [3.05, 3.63) is 50.6 Å². The second kappa shape index (κ2) is 4.59. The molecule has 0 bridgehead atoms. The molecule has 7 nitrogen and oxygen atoms in total. The van der Waals surface area contributed by atoms with Gasteiger partial charge in [-0.3, -0.25) is 20.2 Å². The van der Waals surface area contributed by atoms with Gasteiger partial charge < -0.3 is 4.90 Å². The van der Waals surface area contributed by atoms with E-state index in [1.54, 1.807) is 0 Å². The van der Waals surface area contributed by atoms with Crippen molar-refractivity contribution in [3.63, 3.8) is 0 Å². The number of hydrogen-bond donors (Lipinski definition) is 0. The van der Waals surface area contributed by atoms with E-state index in [4.69, 9.17) is 0 Å². The summed E-state index contributed by atoms with van der Waals surface area (Å²) in [6.45, 7) is 0.651. The molecule has 1 aliphatic rings. The first-order valence-corrected chi connectivity index (χ1v) is 5.65. The average Bonchev–Trinajstić information content (AvgIpc) is 2.39. The second-order valence-corrected chi connectivity index (χ2v) is 4.32. The number of anilines is 1. The zero-order chi connectivity index (χ0) is 13.2. The summed E-state index contributed by atoms with van der Waals surface area (Å²) in [6, 6.07) is 9.42. The Hall–Kier alpha value is -2.18. The number of para-hydroxylation sites is 1. The van der Waals surface area contributed by atoms with Gasteiger partial charge in [0.2, 0.25) is 0 Å². The molecule has 0 N–H and O–H groups in total. The van der Waals surface area contributed by atoms with Gasteiger partial charge >= 0.3 is 5.66 Å². The van der Waals surface area contributed by atoms with Crippen LogP contribution in [0.25, 0.3) is 0 Å². The number of piperidine rings is 1. The molecule has 0 unspecified atom stereocenters. The van der Waals surface area contributed by atoms with Crippen LogP contribution in [0.5, 0.6) is 0 Å². The molecule has 1 aromatic carbocycles. The van der Waals surface area contributed by atoms with E-state index in [9.17, 15) is 20.2 Å². The van der Waals surface area contributed by atoms with E-state index >= 15 is 0 Å². The minimum Gasteiger partial charge on any atom is -0.370 e. The van der Waals surface area contributed by atoms with Gasteiger partial charge in [-0.05, 0) is 12.1 Å². The van der Waals surface area contributed by atoms with Gasteiger partial charge in [0.05, 0.1) is 9.85 Å². The van der Waals surface area contributed by atoms with Crippen molar-refractivity contribution in [1.29, 1.82) is 0 Å². The Labute approximate surface area is 103 Å². The zero-order valence-electron chi connectivity index (χ0n) is 9.69. The Balaban J connectivity index is 2.12. The van der Waals surface area contributed by atoms with Crippen molar-refractivity contribution in [2.75, 3.05) is 18.0 Å². The summed E-state index contributed by atoms with van der Waals surface area (Å²) in [5, 5.41) is 21.8. The van der Waals surface area contributed by atoms with Crippen LogP contribution in [0.2, 0.25) is 0 Å². The van der Waals surface area contributed by atoms with Gasteiger partial charge in [0.15, 0.2) is 0 Å². The van der Waals surface area contributed by atoms with Crippen molar-refractivity contribution in [1.82, 2.24) is 0 Å². The fraction of sp³-hybridized carbons (Fsp3) is 0.455. The van der Waals surface area contributed by atoms with Crippen molar-refractivity contribution in [2.24, 2.45) is 0 Å². The summed E-state index contributed by atoms with van der Waals surface area (Å²) >= 11 is 0. The number of benzene rings is 1. The van der Waals surface area contributed by atoms with Crippen LogP contribution < -0.4 is 4.90 Å². The molecular weight excluding hydrogens is 238 g/mol. The third-order valence-electron chi connectivity index (χ3n) is 3.37. The molecule has 0 aliphatic carbocycles. The summed E-state index contributed by atoms with van der Waals surface area (Å²) in [4.78, 5) is 22.2. The topological polar surface area (TPSA) is 89.5 Å². The zero-order valence-corrected chi connectivity index (χ0v) is 9.69. The molecule has 18 heavy (non-hydrogen) atoms. The average molecular weight is 251 g/mol. The van der Waals surface area contributed by atoms with Gasteiger partial charge in [-0.15, -0.1) is 0 Å².